The standard InChI is InChI=1S/C10H13BrO3/c1-6-2-3-8(11)7(4-6)10(14)9(13)5-12/h2-4,9-10,12-14H,5H2,1H3. The van der Waals surface area contributed by atoms with Crippen LogP contribution >= 0.6 is 15.9 Å². The van der Waals surface area contributed by atoms with E-state index >= 15 is 0 Å². The Balaban J connectivity index is 2.99. The van der Waals surface area contributed by atoms with E-state index in [4.69, 9.17) is 5.11 Å². The Hall–Kier alpha value is -0.420. The summed E-state index contributed by atoms with van der Waals surface area (Å²) in [6, 6.07) is 5.47. The lowest BCUT2D eigenvalue weighted by Gasteiger charge is -2.17. The Morgan fingerprint density at radius 3 is 2.57 bits per heavy atom. The number of aliphatic hydroxyl groups excluding tert-OH is 3. The van der Waals surface area contributed by atoms with Gasteiger partial charge < -0.3 is 15.3 Å². The maximum atomic E-state index is 9.65. The van der Waals surface area contributed by atoms with Crippen molar-refractivity contribution in [3.63, 3.8) is 0 Å². The van der Waals surface area contributed by atoms with Gasteiger partial charge in [-0.1, -0.05) is 33.6 Å². The fraction of sp³-hybridized carbons (Fsp3) is 0.400. The van der Waals surface area contributed by atoms with Crippen LogP contribution in [0.4, 0.5) is 0 Å². The third-order valence-corrected chi connectivity index (χ3v) is 2.74. The zero-order valence-electron chi connectivity index (χ0n) is 7.81. The molecule has 0 aromatic heterocycles. The fourth-order valence-electron chi connectivity index (χ4n) is 1.20. The van der Waals surface area contributed by atoms with Crippen LogP contribution < -0.4 is 0 Å². The second kappa shape index (κ2) is 4.89. The summed E-state index contributed by atoms with van der Waals surface area (Å²) in [5, 5.41) is 27.6. The third kappa shape index (κ3) is 2.54. The van der Waals surface area contributed by atoms with Crippen LogP contribution in [0.5, 0.6) is 0 Å². The van der Waals surface area contributed by atoms with Crippen molar-refractivity contribution >= 4 is 15.9 Å². The number of rotatable bonds is 3. The van der Waals surface area contributed by atoms with Gasteiger partial charge in [-0.15, -0.1) is 0 Å². The molecule has 1 aromatic rings. The van der Waals surface area contributed by atoms with Crippen molar-refractivity contribution in [1.82, 2.24) is 0 Å². The molecule has 14 heavy (non-hydrogen) atoms. The lowest BCUT2D eigenvalue weighted by Crippen LogP contribution is -2.22. The highest BCUT2D eigenvalue weighted by Gasteiger charge is 2.19. The Kier molecular flexibility index (Phi) is 4.07. The van der Waals surface area contributed by atoms with Gasteiger partial charge in [0.25, 0.3) is 0 Å². The molecule has 4 heteroatoms. The van der Waals surface area contributed by atoms with E-state index in [9.17, 15) is 10.2 Å². The van der Waals surface area contributed by atoms with Crippen LogP contribution in [0.2, 0.25) is 0 Å². The van der Waals surface area contributed by atoms with Gasteiger partial charge in [-0.2, -0.15) is 0 Å². The molecule has 2 unspecified atom stereocenters. The topological polar surface area (TPSA) is 60.7 Å². The van der Waals surface area contributed by atoms with Crippen LogP contribution in [0.25, 0.3) is 0 Å². The van der Waals surface area contributed by atoms with Crippen molar-refractivity contribution in [2.45, 2.75) is 19.1 Å². The second-order valence-corrected chi connectivity index (χ2v) is 4.07. The van der Waals surface area contributed by atoms with Crippen molar-refractivity contribution in [3.05, 3.63) is 33.8 Å². The fourth-order valence-corrected chi connectivity index (χ4v) is 1.68. The van der Waals surface area contributed by atoms with Gasteiger partial charge in [-0.25, -0.2) is 0 Å². The minimum absolute atomic E-state index is 0.457. The molecule has 78 valence electrons. The quantitative estimate of drug-likeness (QED) is 0.764. The van der Waals surface area contributed by atoms with Gasteiger partial charge in [0, 0.05) is 4.47 Å². The normalized spacial score (nSPS) is 15.2. The van der Waals surface area contributed by atoms with Crippen LogP contribution in [-0.2, 0) is 0 Å². The first-order chi connectivity index (χ1) is 6.56. The maximum Gasteiger partial charge on any atom is 0.108 e. The molecule has 0 fully saturated rings. The molecule has 0 bridgehead atoms. The monoisotopic (exact) mass is 260 g/mol. The summed E-state index contributed by atoms with van der Waals surface area (Å²) in [6.45, 7) is 1.44. The summed E-state index contributed by atoms with van der Waals surface area (Å²) < 4.78 is 0.725. The summed E-state index contributed by atoms with van der Waals surface area (Å²) >= 11 is 3.28. The van der Waals surface area contributed by atoms with Gasteiger partial charge in [0.2, 0.25) is 0 Å². The lowest BCUT2D eigenvalue weighted by atomic mass is 10.0. The Bertz CT molecular complexity index is 314. The largest absolute Gasteiger partial charge is 0.394 e. The Labute approximate surface area is 91.1 Å². The van der Waals surface area contributed by atoms with E-state index in [2.05, 4.69) is 15.9 Å². The van der Waals surface area contributed by atoms with Gasteiger partial charge in [0.05, 0.1) is 6.61 Å². The lowest BCUT2D eigenvalue weighted by molar-refractivity contribution is -0.0156. The van der Waals surface area contributed by atoms with Crippen LogP contribution in [0, 0.1) is 6.92 Å². The van der Waals surface area contributed by atoms with E-state index in [-0.39, 0.29) is 0 Å². The summed E-state index contributed by atoms with van der Waals surface area (Å²) in [6.07, 6.45) is -2.21. The highest BCUT2D eigenvalue weighted by atomic mass is 79.9. The number of halogens is 1. The highest BCUT2D eigenvalue weighted by Crippen LogP contribution is 2.26. The molecule has 0 aliphatic heterocycles. The maximum absolute atomic E-state index is 9.65. The molecule has 3 N–H and O–H groups in total. The molecule has 0 aliphatic rings. The summed E-state index contributed by atoms with van der Waals surface area (Å²) in [4.78, 5) is 0. The first kappa shape index (κ1) is 11.7. The molecule has 0 heterocycles. The van der Waals surface area contributed by atoms with Crippen LogP contribution in [0.1, 0.15) is 17.2 Å². The van der Waals surface area contributed by atoms with Crippen LogP contribution in [0.3, 0.4) is 0 Å². The Morgan fingerprint density at radius 2 is 2.00 bits per heavy atom. The van der Waals surface area contributed by atoms with Gasteiger partial charge >= 0.3 is 0 Å². The van der Waals surface area contributed by atoms with E-state index < -0.39 is 18.8 Å². The minimum Gasteiger partial charge on any atom is -0.394 e. The van der Waals surface area contributed by atoms with Crippen LogP contribution in [-0.4, -0.2) is 28.0 Å². The average molecular weight is 261 g/mol. The number of aryl methyl sites for hydroxylation is 1. The molecule has 3 nitrogen and oxygen atoms in total. The predicted molar refractivity (Wildman–Crippen MR) is 56.9 cm³/mol. The molecule has 0 saturated carbocycles. The second-order valence-electron chi connectivity index (χ2n) is 3.22. The zero-order valence-corrected chi connectivity index (χ0v) is 9.40. The average Bonchev–Trinajstić information content (AvgIpc) is 2.19. The molecule has 1 aromatic carbocycles. The summed E-state index contributed by atoms with van der Waals surface area (Å²) in [5.41, 5.74) is 1.58. The van der Waals surface area contributed by atoms with E-state index in [1.54, 1.807) is 12.1 Å². The van der Waals surface area contributed by atoms with Crippen molar-refractivity contribution in [2.75, 3.05) is 6.61 Å². The van der Waals surface area contributed by atoms with Crippen molar-refractivity contribution in [2.24, 2.45) is 0 Å². The van der Waals surface area contributed by atoms with Crippen molar-refractivity contribution < 1.29 is 15.3 Å². The van der Waals surface area contributed by atoms with Crippen molar-refractivity contribution in [1.29, 1.82) is 0 Å². The third-order valence-electron chi connectivity index (χ3n) is 2.02. The molecule has 0 aliphatic carbocycles. The van der Waals surface area contributed by atoms with E-state index in [0.29, 0.717) is 5.56 Å². The molecule has 0 amide bonds. The number of hydrogen-bond donors (Lipinski definition) is 3. The Morgan fingerprint density at radius 1 is 1.36 bits per heavy atom. The van der Waals surface area contributed by atoms with Gasteiger partial charge in [0.1, 0.15) is 12.2 Å². The molecule has 0 radical (unpaired) electrons. The molecule has 1 rings (SSSR count). The van der Waals surface area contributed by atoms with Gasteiger partial charge in [-0.3, -0.25) is 0 Å². The van der Waals surface area contributed by atoms with E-state index in [1.807, 2.05) is 13.0 Å². The first-order valence-corrected chi connectivity index (χ1v) is 5.08. The summed E-state index contributed by atoms with van der Waals surface area (Å²) in [5.74, 6) is 0. The number of hydrogen-bond acceptors (Lipinski definition) is 3. The molecule has 0 saturated heterocycles. The molecule has 0 spiro atoms. The number of aliphatic hydroxyl groups is 3. The predicted octanol–water partition coefficient (Wildman–Crippen LogP) is 1.14. The SMILES string of the molecule is Cc1ccc(Br)c(C(O)C(O)CO)c1. The van der Waals surface area contributed by atoms with Crippen LogP contribution in [0.15, 0.2) is 22.7 Å². The highest BCUT2D eigenvalue weighted by molar-refractivity contribution is 9.10. The molecular formula is C10H13BrO3. The smallest absolute Gasteiger partial charge is 0.108 e. The van der Waals surface area contributed by atoms with E-state index in [0.717, 1.165) is 10.0 Å². The zero-order chi connectivity index (χ0) is 10.7. The number of benzene rings is 1. The first-order valence-electron chi connectivity index (χ1n) is 4.29. The van der Waals surface area contributed by atoms with E-state index in [1.165, 1.54) is 0 Å². The molecular weight excluding hydrogens is 248 g/mol. The van der Waals surface area contributed by atoms with Gasteiger partial charge in [-0.05, 0) is 18.6 Å². The van der Waals surface area contributed by atoms with Crippen molar-refractivity contribution in [3.8, 4) is 0 Å². The minimum atomic E-state index is -1.15. The van der Waals surface area contributed by atoms with Gasteiger partial charge in [0.15, 0.2) is 0 Å². The molecule has 2 atom stereocenters. The summed E-state index contributed by atoms with van der Waals surface area (Å²) in [7, 11) is 0.